The Hall–Kier alpha value is -2.19. The summed E-state index contributed by atoms with van der Waals surface area (Å²) in [6, 6.07) is 15.1. The molecule has 4 rings (SSSR count). The number of hydrogen-bond acceptors (Lipinski definition) is 7. The number of ether oxygens (including phenoxy) is 1. The molecule has 2 N–H and O–H groups in total. The average molecular weight is 455 g/mol. The summed E-state index contributed by atoms with van der Waals surface area (Å²) >= 11 is 1.53. The van der Waals surface area contributed by atoms with Gasteiger partial charge in [-0.15, -0.1) is 0 Å². The summed E-state index contributed by atoms with van der Waals surface area (Å²) in [6.07, 6.45) is 2.08. The molecule has 7 heteroatoms. The van der Waals surface area contributed by atoms with Crippen molar-refractivity contribution in [3.63, 3.8) is 0 Å². The van der Waals surface area contributed by atoms with E-state index in [0.29, 0.717) is 6.61 Å². The molecule has 0 atom stereocenters. The molecule has 1 saturated heterocycles. The van der Waals surface area contributed by atoms with Crippen molar-refractivity contribution >= 4 is 27.3 Å². The Labute approximate surface area is 195 Å². The van der Waals surface area contributed by atoms with Crippen molar-refractivity contribution < 1.29 is 9.84 Å². The van der Waals surface area contributed by atoms with Gasteiger partial charge in [-0.1, -0.05) is 19.1 Å². The van der Waals surface area contributed by atoms with E-state index in [1.807, 2.05) is 0 Å². The summed E-state index contributed by atoms with van der Waals surface area (Å²) in [6.45, 7) is 10.00. The van der Waals surface area contributed by atoms with Gasteiger partial charge in [-0.05, 0) is 67.8 Å². The van der Waals surface area contributed by atoms with Gasteiger partial charge in [-0.3, -0.25) is 0 Å². The summed E-state index contributed by atoms with van der Waals surface area (Å²) in [4.78, 5) is 4.69. The zero-order valence-corrected chi connectivity index (χ0v) is 19.7. The second-order valence-corrected chi connectivity index (χ2v) is 8.99. The highest BCUT2D eigenvalue weighted by Crippen LogP contribution is 2.34. The number of piperazine rings is 1. The monoisotopic (exact) mass is 454 g/mol. The number of unbranched alkanes of at least 4 members (excludes halogenated alkanes) is 1. The summed E-state index contributed by atoms with van der Waals surface area (Å²) in [5.74, 6) is 0.907. The molecule has 0 unspecified atom stereocenters. The lowest BCUT2D eigenvalue weighted by Crippen LogP contribution is -2.43. The van der Waals surface area contributed by atoms with Gasteiger partial charge < -0.3 is 25.0 Å². The molecule has 2 aromatic carbocycles. The van der Waals surface area contributed by atoms with Crippen molar-refractivity contribution in [1.29, 1.82) is 0 Å². The van der Waals surface area contributed by atoms with Crippen molar-refractivity contribution in [3.8, 4) is 17.0 Å². The molecule has 0 aliphatic carbocycles. The number of aliphatic hydroxyl groups excluding tert-OH is 1. The van der Waals surface area contributed by atoms with Gasteiger partial charge in [-0.2, -0.15) is 4.37 Å². The predicted molar refractivity (Wildman–Crippen MR) is 134 cm³/mol. The Morgan fingerprint density at radius 1 is 1.09 bits per heavy atom. The van der Waals surface area contributed by atoms with Crippen LogP contribution in [0.5, 0.6) is 5.75 Å². The lowest BCUT2D eigenvalue weighted by atomic mass is 10.1. The lowest BCUT2D eigenvalue weighted by molar-refractivity contribution is 0.195. The predicted octanol–water partition coefficient (Wildman–Crippen LogP) is 3.85. The fraction of sp³-hybridized carbons (Fsp3) is 0.480. The smallest absolute Gasteiger partial charge is 0.120 e. The minimum atomic E-state index is 0.224. The van der Waals surface area contributed by atoms with Crippen LogP contribution in [0.25, 0.3) is 21.3 Å². The molecule has 0 amide bonds. The molecular formula is C25H34N4O2S. The van der Waals surface area contributed by atoms with E-state index in [4.69, 9.17) is 14.2 Å². The molecule has 2 heterocycles. The maximum absolute atomic E-state index is 9.07. The maximum Gasteiger partial charge on any atom is 0.120 e. The van der Waals surface area contributed by atoms with Gasteiger partial charge in [0, 0.05) is 49.4 Å². The van der Waals surface area contributed by atoms with Crippen molar-refractivity contribution in [2.75, 3.05) is 63.9 Å². The summed E-state index contributed by atoms with van der Waals surface area (Å²) < 4.78 is 11.9. The largest absolute Gasteiger partial charge is 0.494 e. The Morgan fingerprint density at radius 3 is 2.66 bits per heavy atom. The first-order chi connectivity index (χ1) is 15.8. The molecule has 3 aromatic rings. The Kier molecular flexibility index (Phi) is 8.34. The first kappa shape index (κ1) is 23.0. The highest BCUT2D eigenvalue weighted by molar-refractivity contribution is 7.13. The van der Waals surface area contributed by atoms with Crippen molar-refractivity contribution in [2.24, 2.45) is 0 Å². The van der Waals surface area contributed by atoms with E-state index in [1.165, 1.54) is 22.6 Å². The standard InChI is InChI=1S/C25H34N4O2S/c1-2-28(16-17-30)13-3-4-18-31-22-9-10-23-24(19-22)32-27-25(23)20-5-7-21(8-6-20)29-14-11-26-12-15-29/h5-10,19,26,30H,2-4,11-18H2,1H3. The molecule has 0 spiro atoms. The topological polar surface area (TPSA) is 60.9 Å². The average Bonchev–Trinajstić information content (AvgIpc) is 3.27. The highest BCUT2D eigenvalue weighted by Gasteiger charge is 2.13. The number of nitrogens with one attached hydrogen (secondary N) is 1. The van der Waals surface area contributed by atoms with Crippen LogP contribution >= 0.6 is 11.5 Å². The number of nitrogens with zero attached hydrogens (tertiary/aromatic N) is 3. The zero-order valence-electron chi connectivity index (χ0n) is 18.9. The lowest BCUT2D eigenvalue weighted by Gasteiger charge is -2.29. The third-order valence-corrected chi connectivity index (χ3v) is 6.88. The molecule has 172 valence electrons. The van der Waals surface area contributed by atoms with Crippen LogP contribution in [-0.2, 0) is 0 Å². The molecule has 0 saturated carbocycles. The number of aliphatic hydroxyl groups is 1. The van der Waals surface area contributed by atoms with Gasteiger partial charge in [0.2, 0.25) is 0 Å². The van der Waals surface area contributed by atoms with Crippen molar-refractivity contribution in [2.45, 2.75) is 19.8 Å². The minimum Gasteiger partial charge on any atom is -0.494 e. The number of aromatic nitrogens is 1. The number of rotatable bonds is 11. The van der Waals surface area contributed by atoms with E-state index < -0.39 is 0 Å². The van der Waals surface area contributed by atoms with Crippen LogP contribution in [-0.4, -0.2) is 73.4 Å². The Balaban J connectivity index is 1.33. The van der Waals surface area contributed by atoms with Gasteiger partial charge in [0.25, 0.3) is 0 Å². The molecule has 0 bridgehead atoms. The van der Waals surface area contributed by atoms with E-state index in [2.05, 4.69) is 64.5 Å². The minimum absolute atomic E-state index is 0.224. The van der Waals surface area contributed by atoms with Crippen LogP contribution in [0, 0.1) is 0 Å². The van der Waals surface area contributed by atoms with Gasteiger partial charge >= 0.3 is 0 Å². The van der Waals surface area contributed by atoms with Crippen LogP contribution in [0.4, 0.5) is 5.69 Å². The van der Waals surface area contributed by atoms with Crippen molar-refractivity contribution in [3.05, 3.63) is 42.5 Å². The number of fused-ring (bicyclic) bond motifs is 1. The van der Waals surface area contributed by atoms with Crippen LogP contribution < -0.4 is 15.0 Å². The second kappa shape index (κ2) is 11.6. The van der Waals surface area contributed by atoms with Crippen LogP contribution in [0.15, 0.2) is 42.5 Å². The first-order valence-electron chi connectivity index (χ1n) is 11.7. The van der Waals surface area contributed by atoms with Crippen LogP contribution in [0.3, 0.4) is 0 Å². The molecular weight excluding hydrogens is 420 g/mol. The normalized spacial score (nSPS) is 14.4. The van der Waals surface area contributed by atoms with E-state index in [0.717, 1.165) is 80.4 Å². The van der Waals surface area contributed by atoms with Crippen LogP contribution in [0.2, 0.25) is 0 Å². The maximum atomic E-state index is 9.07. The molecule has 6 nitrogen and oxygen atoms in total. The van der Waals surface area contributed by atoms with Gasteiger partial charge in [0.1, 0.15) is 5.75 Å². The summed E-state index contributed by atoms with van der Waals surface area (Å²) in [7, 11) is 0. The SMILES string of the molecule is CCN(CCO)CCCCOc1ccc2c(-c3ccc(N4CCNCC4)cc3)nsc2c1. The van der Waals surface area contributed by atoms with E-state index in [-0.39, 0.29) is 6.61 Å². The van der Waals surface area contributed by atoms with Gasteiger partial charge in [0.05, 0.1) is 23.6 Å². The molecule has 1 fully saturated rings. The van der Waals surface area contributed by atoms with Gasteiger partial charge in [-0.25, -0.2) is 0 Å². The fourth-order valence-corrected chi connectivity index (χ4v) is 4.99. The van der Waals surface area contributed by atoms with E-state index in [9.17, 15) is 0 Å². The Bertz CT molecular complexity index is 970. The van der Waals surface area contributed by atoms with Gasteiger partial charge in [0.15, 0.2) is 0 Å². The third-order valence-electron chi connectivity index (χ3n) is 6.07. The number of benzene rings is 2. The van der Waals surface area contributed by atoms with Crippen LogP contribution in [0.1, 0.15) is 19.8 Å². The summed E-state index contributed by atoms with van der Waals surface area (Å²) in [5, 5.41) is 13.7. The third kappa shape index (κ3) is 5.78. The highest BCUT2D eigenvalue weighted by atomic mass is 32.1. The molecule has 1 aliphatic heterocycles. The molecule has 32 heavy (non-hydrogen) atoms. The Morgan fingerprint density at radius 2 is 1.91 bits per heavy atom. The second-order valence-electron chi connectivity index (χ2n) is 8.19. The number of likely N-dealkylation sites (N-methyl/N-ethyl adjacent to an activating group) is 1. The molecule has 0 radical (unpaired) electrons. The molecule has 1 aromatic heterocycles. The summed E-state index contributed by atoms with van der Waals surface area (Å²) in [5.41, 5.74) is 3.49. The number of hydrogen-bond donors (Lipinski definition) is 2. The quantitative estimate of drug-likeness (QED) is 0.429. The van der Waals surface area contributed by atoms with Crippen molar-refractivity contribution in [1.82, 2.24) is 14.6 Å². The molecule has 1 aliphatic rings. The number of anilines is 1. The zero-order chi connectivity index (χ0) is 22.2. The van der Waals surface area contributed by atoms with E-state index in [1.54, 1.807) is 0 Å². The fourth-order valence-electron chi connectivity index (χ4n) is 4.17. The van der Waals surface area contributed by atoms with E-state index >= 15 is 0 Å². The first-order valence-corrected chi connectivity index (χ1v) is 12.5.